The highest BCUT2D eigenvalue weighted by molar-refractivity contribution is 5.57. The number of alkyl halides is 2. The number of halogens is 2. The molecule has 0 radical (unpaired) electrons. The zero-order valence-corrected chi connectivity index (χ0v) is 14.0. The molecule has 0 unspecified atom stereocenters. The number of nitrogens with zero attached hydrogens (tertiary/aromatic N) is 3. The number of nitrogens with two attached hydrogens (primary N) is 1. The third kappa shape index (κ3) is 3.69. The molecule has 4 aromatic rings. The number of benzene rings is 2. The molecule has 2 aromatic heterocycles. The predicted octanol–water partition coefficient (Wildman–Crippen LogP) is 4.50. The number of nitrogen functional groups attached to an aromatic ring is 1. The van der Waals surface area contributed by atoms with Crippen LogP contribution >= 0.6 is 0 Å². The first-order chi connectivity index (χ1) is 13.1. The van der Waals surface area contributed by atoms with Crippen molar-refractivity contribution in [1.29, 1.82) is 0 Å². The van der Waals surface area contributed by atoms with Crippen LogP contribution in [0.3, 0.4) is 0 Å². The molecule has 0 saturated heterocycles. The average molecular weight is 368 g/mol. The van der Waals surface area contributed by atoms with Crippen molar-refractivity contribution in [2.24, 2.45) is 0 Å². The topological polar surface area (TPSA) is 91.0 Å². The van der Waals surface area contributed by atoms with E-state index in [1.165, 1.54) is 0 Å². The Morgan fingerprint density at radius 2 is 1.52 bits per heavy atom. The van der Waals surface area contributed by atoms with Crippen molar-refractivity contribution in [3.63, 3.8) is 0 Å². The van der Waals surface area contributed by atoms with Crippen molar-refractivity contribution in [1.82, 2.24) is 15.2 Å². The second kappa shape index (κ2) is 6.99. The molecule has 2 N–H and O–H groups in total. The predicted molar refractivity (Wildman–Crippen MR) is 93.8 cm³/mol. The van der Waals surface area contributed by atoms with E-state index in [-0.39, 0.29) is 5.89 Å². The molecule has 0 saturated carbocycles. The highest BCUT2D eigenvalue weighted by Crippen LogP contribution is 2.25. The number of rotatable bonds is 5. The van der Waals surface area contributed by atoms with Crippen LogP contribution in [-0.4, -0.2) is 15.2 Å². The van der Waals surface area contributed by atoms with Gasteiger partial charge in [-0.1, -0.05) is 12.1 Å². The summed E-state index contributed by atoms with van der Waals surface area (Å²) in [5.74, 6) is 0.590. The first kappa shape index (κ1) is 16.9. The molecule has 2 heterocycles. The van der Waals surface area contributed by atoms with Gasteiger partial charge in [0.1, 0.15) is 5.76 Å². The first-order valence-electron chi connectivity index (χ1n) is 8.10. The summed E-state index contributed by atoms with van der Waals surface area (Å²) in [6, 6.07) is 14.4. The van der Waals surface area contributed by atoms with Gasteiger partial charge >= 0.3 is 6.43 Å². The lowest BCUT2D eigenvalue weighted by Gasteiger charge is -2.00. The highest BCUT2D eigenvalue weighted by atomic mass is 19.3. The smallest absolute Gasteiger partial charge is 0.314 e. The molecule has 0 atom stereocenters. The number of hydrogen-bond acceptors (Lipinski definition) is 6. The fourth-order valence-corrected chi connectivity index (χ4v) is 2.55. The average Bonchev–Trinajstić information content (AvgIpc) is 3.33. The zero-order chi connectivity index (χ0) is 18.8. The molecule has 0 amide bonds. The SMILES string of the molecule is Nc1ccc(-c2ncc(Cc3ccc(-c4nnc(C(F)F)o4)cc3)o2)cc1. The Morgan fingerprint density at radius 3 is 2.19 bits per heavy atom. The van der Waals surface area contributed by atoms with Crippen LogP contribution in [0.4, 0.5) is 14.5 Å². The number of oxazole rings is 1. The van der Waals surface area contributed by atoms with E-state index in [0.29, 0.717) is 29.3 Å². The van der Waals surface area contributed by atoms with Crippen LogP contribution in [0.1, 0.15) is 23.6 Å². The Hall–Kier alpha value is -3.55. The van der Waals surface area contributed by atoms with Gasteiger partial charge < -0.3 is 14.6 Å². The molecule has 2 aromatic carbocycles. The second-order valence-electron chi connectivity index (χ2n) is 5.87. The van der Waals surface area contributed by atoms with Gasteiger partial charge in [-0.2, -0.15) is 8.78 Å². The Morgan fingerprint density at radius 1 is 0.852 bits per heavy atom. The van der Waals surface area contributed by atoms with Gasteiger partial charge in [0.05, 0.1) is 6.20 Å². The number of hydrogen-bond donors (Lipinski definition) is 1. The molecule has 0 aliphatic rings. The molecule has 8 heteroatoms. The fraction of sp³-hybridized carbons (Fsp3) is 0.105. The Bertz CT molecular complexity index is 1040. The van der Waals surface area contributed by atoms with E-state index >= 15 is 0 Å². The van der Waals surface area contributed by atoms with Gasteiger partial charge in [0.2, 0.25) is 11.8 Å². The van der Waals surface area contributed by atoms with E-state index in [1.807, 2.05) is 24.3 Å². The van der Waals surface area contributed by atoms with E-state index in [9.17, 15) is 8.78 Å². The Kier molecular flexibility index (Phi) is 4.37. The number of anilines is 1. The normalized spacial score (nSPS) is 11.2. The van der Waals surface area contributed by atoms with Crippen LogP contribution in [0, 0.1) is 0 Å². The van der Waals surface area contributed by atoms with Crippen LogP contribution in [0.2, 0.25) is 0 Å². The quantitative estimate of drug-likeness (QED) is 0.522. The van der Waals surface area contributed by atoms with Gasteiger partial charge in [0.25, 0.3) is 5.89 Å². The second-order valence-corrected chi connectivity index (χ2v) is 5.87. The van der Waals surface area contributed by atoms with Gasteiger partial charge in [0.15, 0.2) is 0 Å². The molecular formula is C19H14F2N4O2. The van der Waals surface area contributed by atoms with Crippen molar-refractivity contribution in [2.45, 2.75) is 12.8 Å². The van der Waals surface area contributed by atoms with E-state index in [0.717, 1.165) is 11.1 Å². The van der Waals surface area contributed by atoms with E-state index in [2.05, 4.69) is 15.2 Å². The van der Waals surface area contributed by atoms with Crippen molar-refractivity contribution >= 4 is 5.69 Å². The molecule has 0 fully saturated rings. The van der Waals surface area contributed by atoms with Crippen molar-refractivity contribution < 1.29 is 17.6 Å². The largest absolute Gasteiger partial charge is 0.441 e. The zero-order valence-electron chi connectivity index (χ0n) is 14.0. The van der Waals surface area contributed by atoms with Gasteiger partial charge in [-0.25, -0.2) is 4.98 Å². The monoisotopic (exact) mass is 368 g/mol. The van der Waals surface area contributed by atoms with Crippen molar-refractivity contribution in [2.75, 3.05) is 5.73 Å². The van der Waals surface area contributed by atoms with E-state index in [4.69, 9.17) is 14.6 Å². The summed E-state index contributed by atoms with van der Waals surface area (Å²) < 4.78 is 35.8. The van der Waals surface area contributed by atoms with E-state index in [1.54, 1.807) is 30.5 Å². The highest BCUT2D eigenvalue weighted by Gasteiger charge is 2.17. The first-order valence-corrected chi connectivity index (χ1v) is 8.10. The lowest BCUT2D eigenvalue weighted by atomic mass is 10.1. The minimum Gasteiger partial charge on any atom is -0.441 e. The lowest BCUT2D eigenvalue weighted by molar-refractivity contribution is 0.116. The van der Waals surface area contributed by atoms with Gasteiger partial charge in [-0.3, -0.25) is 0 Å². The summed E-state index contributed by atoms with van der Waals surface area (Å²) >= 11 is 0. The van der Waals surface area contributed by atoms with Crippen LogP contribution < -0.4 is 5.73 Å². The van der Waals surface area contributed by atoms with E-state index < -0.39 is 12.3 Å². The molecule has 0 aliphatic carbocycles. The molecular weight excluding hydrogens is 354 g/mol. The maximum absolute atomic E-state index is 12.5. The minimum absolute atomic E-state index is 0.0575. The molecule has 0 spiro atoms. The summed E-state index contributed by atoms with van der Waals surface area (Å²) in [6.07, 6.45) is -0.576. The molecule has 136 valence electrons. The maximum atomic E-state index is 12.5. The maximum Gasteiger partial charge on any atom is 0.314 e. The van der Waals surface area contributed by atoms with Crippen LogP contribution in [0.5, 0.6) is 0 Å². The third-order valence-corrected chi connectivity index (χ3v) is 3.92. The Labute approximate surface area is 152 Å². The summed E-state index contributed by atoms with van der Waals surface area (Å²) in [5.41, 5.74) is 8.73. The molecule has 6 nitrogen and oxygen atoms in total. The van der Waals surface area contributed by atoms with Gasteiger partial charge in [-0.05, 0) is 42.0 Å². The summed E-state index contributed by atoms with van der Waals surface area (Å²) in [6.45, 7) is 0. The molecule has 0 aliphatic heterocycles. The Balaban J connectivity index is 1.48. The molecule has 27 heavy (non-hydrogen) atoms. The van der Waals surface area contributed by atoms with Gasteiger partial charge in [-0.15, -0.1) is 10.2 Å². The lowest BCUT2D eigenvalue weighted by Crippen LogP contribution is -1.86. The van der Waals surface area contributed by atoms with Crippen LogP contribution in [0.25, 0.3) is 22.9 Å². The summed E-state index contributed by atoms with van der Waals surface area (Å²) in [5, 5.41) is 6.95. The van der Waals surface area contributed by atoms with Crippen molar-refractivity contribution in [3.05, 3.63) is 71.9 Å². The van der Waals surface area contributed by atoms with Crippen molar-refractivity contribution in [3.8, 4) is 22.9 Å². The fourth-order valence-electron chi connectivity index (χ4n) is 2.55. The standard InChI is InChI=1S/C19H14F2N4O2/c20-16(21)19-25-24-18(27-19)13-3-1-11(2-4-13)9-15-10-23-17(26-15)12-5-7-14(22)8-6-12/h1-8,10,16H,9,22H2. The summed E-state index contributed by atoms with van der Waals surface area (Å²) in [7, 11) is 0. The minimum atomic E-state index is -2.78. The van der Waals surface area contributed by atoms with Gasteiger partial charge in [0, 0.05) is 23.2 Å². The molecule has 0 bridgehead atoms. The molecule has 4 rings (SSSR count). The number of aromatic nitrogens is 3. The van der Waals surface area contributed by atoms with Crippen LogP contribution in [-0.2, 0) is 6.42 Å². The third-order valence-electron chi connectivity index (χ3n) is 3.92. The summed E-state index contributed by atoms with van der Waals surface area (Å²) in [4.78, 5) is 4.28. The van der Waals surface area contributed by atoms with Crippen LogP contribution in [0.15, 0.2) is 63.6 Å².